The van der Waals surface area contributed by atoms with E-state index >= 15 is 0 Å². The fourth-order valence-corrected chi connectivity index (χ4v) is 2.01. The molecule has 7 nitrogen and oxygen atoms in total. The predicted molar refractivity (Wildman–Crippen MR) is 77.2 cm³/mol. The minimum atomic E-state index is -0.935. The number of aromatic nitrogens is 2. The predicted octanol–water partition coefficient (Wildman–Crippen LogP) is -0.339. The van der Waals surface area contributed by atoms with Gasteiger partial charge in [0.05, 0.1) is 0 Å². The van der Waals surface area contributed by atoms with Crippen molar-refractivity contribution < 1.29 is 9.59 Å². The van der Waals surface area contributed by atoms with E-state index in [2.05, 4.69) is 15.3 Å². The number of thiocarbonyl (C=S) groups is 1. The van der Waals surface area contributed by atoms with E-state index in [0.717, 1.165) is 0 Å². The lowest BCUT2D eigenvalue weighted by atomic mass is 9.99. The van der Waals surface area contributed by atoms with Crippen LogP contribution in [0.3, 0.4) is 0 Å². The van der Waals surface area contributed by atoms with Gasteiger partial charge < -0.3 is 10.6 Å². The van der Waals surface area contributed by atoms with Crippen molar-refractivity contribution in [1.29, 1.82) is 0 Å². The molecule has 0 atom stereocenters. The SMILES string of the molecule is Cc1cc(C(N)=S)nc(N2CC(=O)NC(=O)C2(C)C)n1. The van der Waals surface area contributed by atoms with E-state index in [0.29, 0.717) is 11.4 Å². The molecule has 1 aliphatic rings. The van der Waals surface area contributed by atoms with Crippen LogP contribution in [0.1, 0.15) is 25.2 Å². The number of nitrogens with zero attached hydrogens (tertiary/aromatic N) is 3. The summed E-state index contributed by atoms with van der Waals surface area (Å²) in [7, 11) is 0. The standard InChI is InChI=1S/C12H15N5O2S/c1-6-4-7(9(13)20)15-11(14-6)17-5-8(18)16-10(19)12(17,2)3/h4H,5H2,1-3H3,(H2,13,20)(H,16,18,19). The minimum Gasteiger partial charge on any atom is -0.388 e. The number of anilines is 1. The van der Waals surface area contributed by atoms with Crippen LogP contribution in [-0.2, 0) is 9.59 Å². The Morgan fingerprint density at radius 3 is 2.70 bits per heavy atom. The van der Waals surface area contributed by atoms with E-state index in [9.17, 15) is 9.59 Å². The van der Waals surface area contributed by atoms with Crippen LogP contribution in [0.5, 0.6) is 0 Å². The van der Waals surface area contributed by atoms with Crippen LogP contribution in [-0.4, -0.2) is 38.9 Å². The minimum absolute atomic E-state index is 0.00103. The first kappa shape index (κ1) is 14.3. The Labute approximate surface area is 121 Å². The van der Waals surface area contributed by atoms with Gasteiger partial charge in [-0.25, -0.2) is 9.97 Å². The molecule has 20 heavy (non-hydrogen) atoms. The average molecular weight is 293 g/mol. The molecule has 0 radical (unpaired) electrons. The van der Waals surface area contributed by atoms with Crippen LogP contribution < -0.4 is 16.0 Å². The fraction of sp³-hybridized carbons (Fsp3) is 0.417. The van der Waals surface area contributed by atoms with Crippen LogP contribution in [0.2, 0.25) is 0 Å². The van der Waals surface area contributed by atoms with Crippen molar-refractivity contribution in [1.82, 2.24) is 15.3 Å². The van der Waals surface area contributed by atoms with Crippen molar-refractivity contribution in [2.24, 2.45) is 5.73 Å². The van der Waals surface area contributed by atoms with Crippen molar-refractivity contribution in [3.63, 3.8) is 0 Å². The summed E-state index contributed by atoms with van der Waals surface area (Å²) in [5.41, 5.74) is 5.72. The van der Waals surface area contributed by atoms with E-state index in [1.54, 1.807) is 31.7 Å². The van der Waals surface area contributed by atoms with E-state index in [-0.39, 0.29) is 17.5 Å². The quantitative estimate of drug-likeness (QED) is 0.568. The summed E-state index contributed by atoms with van der Waals surface area (Å²) < 4.78 is 0. The molecule has 0 unspecified atom stereocenters. The summed E-state index contributed by atoms with van der Waals surface area (Å²) in [5, 5.41) is 2.30. The van der Waals surface area contributed by atoms with Gasteiger partial charge >= 0.3 is 0 Å². The van der Waals surface area contributed by atoms with Gasteiger partial charge in [0.25, 0.3) is 5.91 Å². The van der Waals surface area contributed by atoms with E-state index in [1.807, 2.05) is 0 Å². The Hall–Kier alpha value is -2.09. The topological polar surface area (TPSA) is 101 Å². The molecule has 2 rings (SSSR count). The van der Waals surface area contributed by atoms with Gasteiger partial charge in [0, 0.05) is 5.69 Å². The molecule has 1 aromatic heterocycles. The van der Waals surface area contributed by atoms with Gasteiger partial charge in [-0.05, 0) is 26.8 Å². The van der Waals surface area contributed by atoms with Gasteiger partial charge in [-0.2, -0.15) is 0 Å². The number of piperazine rings is 1. The van der Waals surface area contributed by atoms with Crippen molar-refractivity contribution in [2.45, 2.75) is 26.3 Å². The second kappa shape index (κ2) is 4.78. The Bertz CT molecular complexity index is 614. The highest BCUT2D eigenvalue weighted by Crippen LogP contribution is 2.23. The molecule has 2 heterocycles. The van der Waals surface area contributed by atoms with E-state index in [1.165, 1.54) is 0 Å². The highest BCUT2D eigenvalue weighted by atomic mass is 32.1. The number of hydrogen-bond acceptors (Lipinski definition) is 6. The molecule has 0 aliphatic carbocycles. The summed E-state index contributed by atoms with van der Waals surface area (Å²) in [6.45, 7) is 5.16. The van der Waals surface area contributed by atoms with E-state index < -0.39 is 17.4 Å². The Balaban J connectivity index is 2.51. The van der Waals surface area contributed by atoms with Crippen LogP contribution in [0, 0.1) is 6.92 Å². The first-order valence-corrected chi connectivity index (χ1v) is 6.40. The third-order valence-electron chi connectivity index (χ3n) is 3.12. The van der Waals surface area contributed by atoms with Gasteiger partial charge in [-0.3, -0.25) is 14.9 Å². The number of hydrogen-bond donors (Lipinski definition) is 2. The first-order chi connectivity index (χ1) is 9.21. The molecule has 0 spiro atoms. The number of nitrogens with two attached hydrogens (primary N) is 1. The number of rotatable bonds is 2. The zero-order valence-electron chi connectivity index (χ0n) is 11.4. The van der Waals surface area contributed by atoms with E-state index in [4.69, 9.17) is 18.0 Å². The fourth-order valence-electron chi connectivity index (χ4n) is 1.90. The Morgan fingerprint density at radius 2 is 2.10 bits per heavy atom. The lowest BCUT2D eigenvalue weighted by Crippen LogP contribution is -2.64. The van der Waals surface area contributed by atoms with Crippen LogP contribution >= 0.6 is 12.2 Å². The Kier molecular flexibility index (Phi) is 3.43. The lowest BCUT2D eigenvalue weighted by Gasteiger charge is -2.40. The maximum Gasteiger partial charge on any atom is 0.252 e. The molecule has 0 bridgehead atoms. The summed E-state index contributed by atoms with van der Waals surface area (Å²) in [4.78, 5) is 33.7. The summed E-state index contributed by atoms with van der Waals surface area (Å²) in [6, 6.07) is 1.66. The number of nitrogens with one attached hydrogen (secondary N) is 1. The smallest absolute Gasteiger partial charge is 0.252 e. The monoisotopic (exact) mass is 293 g/mol. The van der Waals surface area contributed by atoms with Crippen LogP contribution in [0.25, 0.3) is 0 Å². The highest BCUT2D eigenvalue weighted by Gasteiger charge is 2.42. The first-order valence-electron chi connectivity index (χ1n) is 5.99. The van der Waals surface area contributed by atoms with Gasteiger partial charge in [0.15, 0.2) is 0 Å². The number of imide groups is 1. The van der Waals surface area contributed by atoms with Crippen molar-refractivity contribution >= 4 is 35.0 Å². The lowest BCUT2D eigenvalue weighted by molar-refractivity contribution is -0.135. The molecule has 8 heteroatoms. The molecule has 0 aromatic carbocycles. The maximum atomic E-state index is 11.9. The van der Waals surface area contributed by atoms with Gasteiger partial charge in [-0.1, -0.05) is 12.2 Å². The highest BCUT2D eigenvalue weighted by molar-refractivity contribution is 7.80. The summed E-state index contributed by atoms with van der Waals surface area (Å²) >= 11 is 4.91. The molecular weight excluding hydrogens is 278 g/mol. The molecule has 1 aliphatic heterocycles. The van der Waals surface area contributed by atoms with Crippen molar-refractivity contribution in [2.75, 3.05) is 11.4 Å². The summed E-state index contributed by atoms with van der Waals surface area (Å²) in [6.07, 6.45) is 0. The van der Waals surface area contributed by atoms with Crippen molar-refractivity contribution in [3.05, 3.63) is 17.5 Å². The molecule has 1 saturated heterocycles. The van der Waals surface area contributed by atoms with Gasteiger partial charge in [-0.15, -0.1) is 0 Å². The second-order valence-electron chi connectivity index (χ2n) is 5.08. The average Bonchev–Trinajstić information content (AvgIpc) is 2.33. The third kappa shape index (κ3) is 2.46. The molecule has 106 valence electrons. The number of carbonyl (C=O) groups excluding carboxylic acids is 2. The molecule has 1 fully saturated rings. The molecule has 3 N–H and O–H groups in total. The zero-order valence-corrected chi connectivity index (χ0v) is 12.2. The second-order valence-corrected chi connectivity index (χ2v) is 5.52. The molecule has 0 saturated carbocycles. The molecular formula is C12H15N5O2S. The number of amides is 2. The Morgan fingerprint density at radius 1 is 1.45 bits per heavy atom. The third-order valence-corrected chi connectivity index (χ3v) is 3.33. The van der Waals surface area contributed by atoms with Gasteiger partial charge in [0.2, 0.25) is 11.9 Å². The maximum absolute atomic E-state index is 11.9. The number of aryl methyl sites for hydroxylation is 1. The normalized spacial score (nSPS) is 17.9. The zero-order chi connectivity index (χ0) is 15.1. The largest absolute Gasteiger partial charge is 0.388 e. The molecule has 1 aromatic rings. The van der Waals surface area contributed by atoms with Crippen LogP contribution in [0.15, 0.2) is 6.07 Å². The van der Waals surface area contributed by atoms with Crippen molar-refractivity contribution in [3.8, 4) is 0 Å². The van der Waals surface area contributed by atoms with Crippen LogP contribution in [0.4, 0.5) is 5.95 Å². The summed E-state index contributed by atoms with van der Waals surface area (Å²) in [5.74, 6) is -0.520. The van der Waals surface area contributed by atoms with Gasteiger partial charge in [0.1, 0.15) is 22.8 Å². The molecule has 2 amide bonds. The number of carbonyl (C=O) groups is 2.